The number of hydrogen-bond donors (Lipinski definition) is 1. The zero-order chi connectivity index (χ0) is 29.7. The van der Waals surface area contributed by atoms with Gasteiger partial charge in [0, 0.05) is 63.9 Å². The van der Waals surface area contributed by atoms with Crippen molar-refractivity contribution in [3.63, 3.8) is 0 Å². The Hall–Kier alpha value is -3.65. The van der Waals surface area contributed by atoms with Crippen LogP contribution in [0.1, 0.15) is 44.4 Å². The van der Waals surface area contributed by atoms with Crippen molar-refractivity contribution in [1.29, 1.82) is 0 Å². The predicted molar refractivity (Wildman–Crippen MR) is 175 cm³/mol. The number of rotatable bonds is 9. The third-order valence-corrected chi connectivity index (χ3v) is 8.68. The molecule has 0 saturated carbocycles. The van der Waals surface area contributed by atoms with E-state index in [-0.39, 0.29) is 5.92 Å². The highest BCUT2D eigenvalue weighted by Gasteiger charge is 2.44. The normalized spacial score (nSPS) is 13.7. The summed E-state index contributed by atoms with van der Waals surface area (Å²) in [6.45, 7) is 10.5. The number of nitrogens with one attached hydrogen (secondary N) is 1. The molecule has 3 aromatic carbocycles. The molecule has 1 aliphatic heterocycles. The second-order valence-corrected chi connectivity index (χ2v) is 12.3. The molecule has 0 spiro atoms. The number of hydrogen-bond acceptors (Lipinski definition) is 7. The van der Waals surface area contributed by atoms with Gasteiger partial charge < -0.3 is 19.4 Å². The summed E-state index contributed by atoms with van der Waals surface area (Å²) in [6, 6.07) is 23.8. The summed E-state index contributed by atoms with van der Waals surface area (Å²) in [5, 5.41) is 3.48. The molecule has 7 nitrogen and oxygen atoms in total. The van der Waals surface area contributed by atoms with E-state index in [0.29, 0.717) is 11.8 Å². The fourth-order valence-electron chi connectivity index (χ4n) is 5.03. The molecular weight excluding hydrogens is 530 g/mol. The Kier molecular flexibility index (Phi) is 9.53. The average molecular weight is 574 g/mol. The first-order valence-electron chi connectivity index (χ1n) is 14.3. The molecule has 41 heavy (non-hydrogen) atoms. The number of benzene rings is 3. The third kappa shape index (κ3) is 6.48. The summed E-state index contributed by atoms with van der Waals surface area (Å²) in [4.78, 5) is 24.4. The van der Waals surface area contributed by atoms with Crippen LogP contribution in [-0.2, 0) is 9.48 Å². The maximum atomic E-state index is 12.9. The monoisotopic (exact) mass is 573 g/mol. The molecule has 0 unspecified atom stereocenters. The Morgan fingerprint density at radius 1 is 0.854 bits per heavy atom. The lowest BCUT2D eigenvalue weighted by atomic mass is 9.82. The van der Waals surface area contributed by atoms with Crippen LogP contribution in [0.3, 0.4) is 0 Å². The van der Waals surface area contributed by atoms with Crippen LogP contribution in [0.2, 0.25) is 0 Å². The fraction of sp³-hybridized carbons (Fsp3) is 0.394. The van der Waals surface area contributed by atoms with E-state index in [1.165, 1.54) is 0 Å². The number of amides is 1. The van der Waals surface area contributed by atoms with Gasteiger partial charge in [0.25, 0.3) is 0 Å². The lowest BCUT2D eigenvalue weighted by Gasteiger charge is -2.39. The van der Waals surface area contributed by atoms with Gasteiger partial charge in [-0.15, -0.1) is 0 Å². The summed E-state index contributed by atoms with van der Waals surface area (Å²) in [5.41, 5.74) is 7.46. The predicted octanol–water partition coefficient (Wildman–Crippen LogP) is 7.07. The van der Waals surface area contributed by atoms with Gasteiger partial charge in [0.05, 0.1) is 12.3 Å². The second-order valence-electron chi connectivity index (χ2n) is 11.1. The Balaban J connectivity index is 1.94. The Morgan fingerprint density at radius 3 is 1.83 bits per heavy atom. The lowest BCUT2D eigenvalue weighted by Crippen LogP contribution is -2.37. The van der Waals surface area contributed by atoms with Crippen LogP contribution in [0.15, 0.2) is 71.7 Å². The highest BCUT2D eigenvalue weighted by molar-refractivity contribution is 8.15. The molecule has 0 fully saturated rings. The summed E-state index contributed by atoms with van der Waals surface area (Å²) in [6.07, 6.45) is -0.492. The Morgan fingerprint density at radius 2 is 1.37 bits per heavy atom. The van der Waals surface area contributed by atoms with Crippen LogP contribution in [-0.4, -0.2) is 59.1 Å². The number of thioether (sulfide) groups is 1. The molecule has 0 aliphatic carbocycles. The number of ether oxygens (including phenoxy) is 1. The minimum atomic E-state index is -0.658. The van der Waals surface area contributed by atoms with Crippen molar-refractivity contribution >= 4 is 45.8 Å². The van der Waals surface area contributed by atoms with Crippen molar-refractivity contribution < 1.29 is 9.53 Å². The first-order chi connectivity index (χ1) is 19.6. The minimum absolute atomic E-state index is 0.239. The van der Waals surface area contributed by atoms with Gasteiger partial charge in [-0.1, -0.05) is 55.9 Å². The fourth-order valence-corrected chi connectivity index (χ4v) is 6.39. The number of carbonyl (C=O) groups is 1. The van der Waals surface area contributed by atoms with Crippen molar-refractivity contribution in [2.75, 3.05) is 62.6 Å². The standard InChI is InChI=1S/C33H43N5O2S/c1-9-38(10-2)28-19-20-29-30(21-28)34-31(35-32(39)40-22-23(3)4)41-33(29,24-11-15-26(16-12-24)36(5)6)25-13-17-27(18-14-25)37(7)8/h11-21,23H,9-10,22H2,1-8H3,(H,34,35,39). The van der Waals surface area contributed by atoms with E-state index in [9.17, 15) is 4.79 Å². The topological polar surface area (TPSA) is 60.4 Å². The quantitative estimate of drug-likeness (QED) is 0.295. The molecule has 0 radical (unpaired) electrons. The molecule has 0 bridgehead atoms. The van der Waals surface area contributed by atoms with Gasteiger partial charge in [-0.05, 0) is 67.3 Å². The summed E-state index contributed by atoms with van der Waals surface area (Å²) in [7, 11) is 8.17. The van der Waals surface area contributed by atoms with E-state index >= 15 is 0 Å². The van der Waals surface area contributed by atoms with E-state index < -0.39 is 10.8 Å². The van der Waals surface area contributed by atoms with Crippen molar-refractivity contribution in [3.05, 3.63) is 83.4 Å². The van der Waals surface area contributed by atoms with Crippen LogP contribution < -0.4 is 20.0 Å². The van der Waals surface area contributed by atoms with Gasteiger partial charge in [-0.2, -0.15) is 0 Å². The molecule has 1 amide bonds. The number of nitrogens with zero attached hydrogens (tertiary/aromatic N) is 4. The van der Waals surface area contributed by atoms with Gasteiger partial charge in [0.2, 0.25) is 0 Å². The maximum absolute atomic E-state index is 12.9. The van der Waals surface area contributed by atoms with Crippen LogP contribution in [0.4, 0.5) is 27.5 Å². The molecule has 0 aromatic heterocycles. The molecule has 8 heteroatoms. The van der Waals surface area contributed by atoms with Crippen LogP contribution in [0.5, 0.6) is 0 Å². The zero-order valence-corrected chi connectivity index (χ0v) is 26.4. The van der Waals surface area contributed by atoms with Gasteiger partial charge in [0.1, 0.15) is 4.75 Å². The largest absolute Gasteiger partial charge is 0.449 e. The molecular formula is C33H43N5O2S. The molecule has 4 rings (SSSR count). The van der Waals surface area contributed by atoms with Crippen molar-refractivity contribution in [2.45, 2.75) is 32.4 Å². The highest BCUT2D eigenvalue weighted by Crippen LogP contribution is 2.55. The third-order valence-electron chi connectivity index (χ3n) is 7.30. The first-order valence-corrected chi connectivity index (χ1v) is 15.1. The Bertz CT molecular complexity index is 1310. The van der Waals surface area contributed by atoms with Gasteiger partial charge in [-0.3, -0.25) is 5.32 Å². The van der Waals surface area contributed by atoms with Gasteiger partial charge in [0.15, 0.2) is 5.17 Å². The molecule has 0 saturated heterocycles. The lowest BCUT2D eigenvalue weighted by molar-refractivity contribution is 0.138. The van der Waals surface area contributed by atoms with Gasteiger partial charge in [-0.25, -0.2) is 9.79 Å². The Labute approximate surface area is 249 Å². The highest BCUT2D eigenvalue weighted by atomic mass is 32.2. The maximum Gasteiger partial charge on any atom is 0.413 e. The average Bonchev–Trinajstić information content (AvgIpc) is 2.96. The minimum Gasteiger partial charge on any atom is -0.449 e. The smallest absolute Gasteiger partial charge is 0.413 e. The molecule has 1 heterocycles. The van der Waals surface area contributed by atoms with Crippen LogP contribution in [0.25, 0.3) is 0 Å². The number of alkyl carbamates (subject to hydrolysis) is 1. The second kappa shape index (κ2) is 12.9. The molecule has 3 aromatic rings. The van der Waals surface area contributed by atoms with Crippen LogP contribution in [0, 0.1) is 5.92 Å². The molecule has 0 atom stereocenters. The van der Waals surface area contributed by atoms with Crippen LogP contribution >= 0.6 is 11.8 Å². The summed E-state index contributed by atoms with van der Waals surface area (Å²) in [5.74, 6) is 0.239. The van der Waals surface area contributed by atoms with E-state index in [1.54, 1.807) is 11.8 Å². The van der Waals surface area contributed by atoms with E-state index in [0.717, 1.165) is 52.5 Å². The SMILES string of the molecule is CCN(CC)c1ccc2c(c1)N=C(NC(=O)OCC(C)C)SC2(c1ccc(N(C)C)cc1)c1ccc(N(C)C)cc1. The van der Waals surface area contributed by atoms with Crippen molar-refractivity contribution in [3.8, 4) is 0 Å². The van der Waals surface area contributed by atoms with E-state index in [4.69, 9.17) is 9.73 Å². The molecule has 218 valence electrons. The number of aliphatic imine (C=N–C) groups is 1. The number of carbonyl (C=O) groups excluding carboxylic acids is 1. The number of amidine groups is 1. The van der Waals surface area contributed by atoms with Crippen molar-refractivity contribution in [1.82, 2.24) is 5.32 Å². The number of fused-ring (bicyclic) bond motifs is 1. The van der Waals surface area contributed by atoms with Gasteiger partial charge >= 0.3 is 6.09 Å². The first kappa shape index (κ1) is 30.3. The van der Waals surface area contributed by atoms with E-state index in [2.05, 4.69) is 101 Å². The zero-order valence-electron chi connectivity index (χ0n) is 25.6. The van der Waals surface area contributed by atoms with E-state index in [1.807, 2.05) is 42.0 Å². The molecule has 1 aliphatic rings. The van der Waals surface area contributed by atoms with Crippen molar-refractivity contribution in [2.24, 2.45) is 10.9 Å². The molecule has 1 N–H and O–H groups in total. The summed E-state index contributed by atoms with van der Waals surface area (Å²) >= 11 is 1.54. The number of anilines is 3. The summed E-state index contributed by atoms with van der Waals surface area (Å²) < 4.78 is 4.83.